The summed E-state index contributed by atoms with van der Waals surface area (Å²) in [7, 11) is 0. The zero-order valence-electron chi connectivity index (χ0n) is 8.56. The van der Waals surface area contributed by atoms with Crippen molar-refractivity contribution in [3.05, 3.63) is 30.3 Å². The highest BCUT2D eigenvalue weighted by atomic mass is 32.2. The Balaban J connectivity index is 2.40. The summed E-state index contributed by atoms with van der Waals surface area (Å²) < 4.78 is 15.7. The van der Waals surface area contributed by atoms with Gasteiger partial charge in [0.05, 0.1) is 5.69 Å². The summed E-state index contributed by atoms with van der Waals surface area (Å²) in [5, 5.41) is 0. The van der Waals surface area contributed by atoms with Crippen molar-refractivity contribution in [2.45, 2.75) is 19.4 Å². The van der Waals surface area contributed by atoms with Gasteiger partial charge >= 0.3 is 0 Å². The Morgan fingerprint density at radius 2 is 1.87 bits per heavy atom. The van der Waals surface area contributed by atoms with Gasteiger partial charge in [-0.25, -0.2) is 13.2 Å². The molecule has 0 aromatic heterocycles. The van der Waals surface area contributed by atoms with Gasteiger partial charge in [-0.15, -0.1) is 0 Å². The van der Waals surface area contributed by atoms with Crippen molar-refractivity contribution in [2.24, 2.45) is 0 Å². The van der Waals surface area contributed by atoms with E-state index < -0.39 is 16.7 Å². The maximum atomic E-state index is 11.9. The van der Waals surface area contributed by atoms with Crippen molar-refractivity contribution in [1.29, 1.82) is 0 Å². The number of para-hydroxylation sites is 1. The monoisotopic (exact) mass is 224 g/mol. The molecule has 1 amide bonds. The van der Waals surface area contributed by atoms with Gasteiger partial charge < -0.3 is 0 Å². The number of anilines is 1. The van der Waals surface area contributed by atoms with Gasteiger partial charge in [0.15, 0.2) is 0 Å². The number of hydrogen-bond acceptors (Lipinski definition) is 2. The van der Waals surface area contributed by atoms with E-state index in [1.165, 1.54) is 4.31 Å². The molecule has 1 unspecified atom stereocenters. The zero-order valence-corrected chi connectivity index (χ0v) is 9.38. The first-order valence-corrected chi connectivity index (χ1v) is 5.72. The minimum absolute atomic E-state index is 0.174. The van der Waals surface area contributed by atoms with Crippen LogP contribution in [-0.4, -0.2) is 15.7 Å². The summed E-state index contributed by atoms with van der Waals surface area (Å²) in [6.45, 7) is 3.44. The van der Waals surface area contributed by atoms with Crippen molar-refractivity contribution in [1.82, 2.24) is 4.72 Å². The number of nitrogens with zero attached hydrogens (tertiary/aromatic N) is 1. The molecular weight excluding hydrogens is 212 g/mol. The van der Waals surface area contributed by atoms with Gasteiger partial charge in [0.1, 0.15) is 5.54 Å². The van der Waals surface area contributed by atoms with Gasteiger partial charge in [0.25, 0.3) is 5.91 Å². The summed E-state index contributed by atoms with van der Waals surface area (Å²) in [5.74, 6) is -0.174. The normalized spacial score (nSPS) is 24.5. The lowest BCUT2D eigenvalue weighted by Crippen LogP contribution is -2.40. The Morgan fingerprint density at radius 3 is 2.33 bits per heavy atom. The fourth-order valence-corrected chi connectivity index (χ4v) is 2.72. The molecule has 1 aliphatic heterocycles. The van der Waals surface area contributed by atoms with Crippen LogP contribution >= 0.6 is 0 Å². The smallest absolute Gasteiger partial charge is 0.260 e. The summed E-state index contributed by atoms with van der Waals surface area (Å²) in [5.41, 5.74) is -0.111. The Labute approximate surface area is 91.0 Å². The molecule has 1 N–H and O–H groups in total. The molecule has 1 fully saturated rings. The van der Waals surface area contributed by atoms with Gasteiger partial charge in [0, 0.05) is 0 Å². The number of rotatable bonds is 1. The van der Waals surface area contributed by atoms with Crippen LogP contribution in [0.2, 0.25) is 0 Å². The van der Waals surface area contributed by atoms with Crippen LogP contribution in [0.3, 0.4) is 0 Å². The highest BCUT2D eigenvalue weighted by Gasteiger charge is 2.44. The fourth-order valence-electron chi connectivity index (χ4n) is 1.41. The molecule has 1 saturated heterocycles. The highest BCUT2D eigenvalue weighted by molar-refractivity contribution is 7.86. The van der Waals surface area contributed by atoms with Crippen molar-refractivity contribution in [3.8, 4) is 0 Å². The molecule has 1 aromatic rings. The molecule has 1 aliphatic rings. The predicted octanol–water partition coefficient (Wildman–Crippen LogP) is 0.980. The van der Waals surface area contributed by atoms with Crippen LogP contribution in [0.25, 0.3) is 0 Å². The fraction of sp³-hybridized carbons (Fsp3) is 0.300. The summed E-state index contributed by atoms with van der Waals surface area (Å²) in [4.78, 5) is 11.9. The minimum atomic E-state index is -1.48. The summed E-state index contributed by atoms with van der Waals surface area (Å²) >= 11 is -1.48. The van der Waals surface area contributed by atoms with Crippen LogP contribution in [0, 0.1) is 0 Å². The van der Waals surface area contributed by atoms with Crippen LogP contribution in [0.4, 0.5) is 5.69 Å². The van der Waals surface area contributed by atoms with Crippen molar-refractivity contribution < 1.29 is 9.00 Å². The standard InChI is InChI=1S/C10H12N2O2S/c1-10(2)9(13)12(15(14)11-10)8-6-4-3-5-7-8/h3-7,11H,1-2H3. The van der Waals surface area contributed by atoms with Crippen LogP contribution in [0.15, 0.2) is 30.3 Å². The predicted molar refractivity (Wildman–Crippen MR) is 59.3 cm³/mol. The number of carbonyl (C=O) groups is 1. The van der Waals surface area contributed by atoms with Crippen LogP contribution < -0.4 is 9.03 Å². The second-order valence-electron chi connectivity index (χ2n) is 3.91. The number of benzene rings is 1. The third kappa shape index (κ3) is 1.68. The lowest BCUT2D eigenvalue weighted by Gasteiger charge is -2.15. The molecule has 0 bridgehead atoms. The average molecular weight is 224 g/mol. The zero-order chi connectivity index (χ0) is 11.1. The Morgan fingerprint density at radius 1 is 1.27 bits per heavy atom. The maximum absolute atomic E-state index is 11.9. The molecule has 2 rings (SSSR count). The molecule has 5 heteroatoms. The molecule has 80 valence electrons. The summed E-state index contributed by atoms with van der Waals surface area (Å²) in [6, 6.07) is 9.00. The average Bonchev–Trinajstić information content (AvgIpc) is 2.38. The maximum Gasteiger partial charge on any atom is 0.260 e. The first kappa shape index (κ1) is 10.3. The number of amides is 1. The molecule has 0 aliphatic carbocycles. The molecule has 0 radical (unpaired) electrons. The molecule has 0 spiro atoms. The van der Waals surface area contributed by atoms with E-state index in [1.54, 1.807) is 26.0 Å². The molecule has 15 heavy (non-hydrogen) atoms. The van der Waals surface area contributed by atoms with E-state index in [2.05, 4.69) is 4.72 Å². The molecule has 1 heterocycles. The molecule has 1 aromatic carbocycles. The number of hydrogen-bond donors (Lipinski definition) is 1. The van der Waals surface area contributed by atoms with Gasteiger partial charge in [0.2, 0.25) is 11.2 Å². The quantitative estimate of drug-likeness (QED) is 0.773. The molecule has 1 atom stereocenters. The lowest BCUT2D eigenvalue weighted by atomic mass is 10.1. The van der Waals surface area contributed by atoms with Crippen LogP contribution in [0.1, 0.15) is 13.8 Å². The third-order valence-corrected chi connectivity index (χ3v) is 3.61. The second-order valence-corrected chi connectivity index (χ2v) is 4.98. The Bertz CT molecular complexity index is 417. The van der Waals surface area contributed by atoms with Gasteiger partial charge in [-0.1, -0.05) is 18.2 Å². The van der Waals surface area contributed by atoms with E-state index in [-0.39, 0.29) is 5.91 Å². The highest BCUT2D eigenvalue weighted by Crippen LogP contribution is 2.25. The van der Waals surface area contributed by atoms with Crippen LogP contribution in [0.5, 0.6) is 0 Å². The van der Waals surface area contributed by atoms with Gasteiger partial charge in [-0.3, -0.25) is 4.79 Å². The van der Waals surface area contributed by atoms with Crippen molar-refractivity contribution >= 4 is 22.8 Å². The van der Waals surface area contributed by atoms with Crippen molar-refractivity contribution in [2.75, 3.05) is 4.31 Å². The van der Waals surface area contributed by atoms with E-state index >= 15 is 0 Å². The van der Waals surface area contributed by atoms with Crippen molar-refractivity contribution in [3.63, 3.8) is 0 Å². The number of carbonyl (C=O) groups excluding carboxylic acids is 1. The van der Waals surface area contributed by atoms with Crippen LogP contribution in [-0.2, 0) is 16.0 Å². The van der Waals surface area contributed by atoms with E-state index in [9.17, 15) is 9.00 Å². The Hall–Kier alpha value is -1.20. The second kappa shape index (κ2) is 3.43. The molecular formula is C10H12N2O2S. The topological polar surface area (TPSA) is 49.4 Å². The SMILES string of the molecule is CC1(C)NS(=O)N(c2ccccc2)C1=O. The summed E-state index contributed by atoms with van der Waals surface area (Å²) in [6.07, 6.45) is 0. The Kier molecular flexibility index (Phi) is 2.36. The van der Waals surface area contributed by atoms with E-state index in [0.29, 0.717) is 5.69 Å². The van der Waals surface area contributed by atoms with Gasteiger partial charge in [-0.2, -0.15) is 0 Å². The first-order chi connectivity index (χ1) is 7.02. The lowest BCUT2D eigenvalue weighted by molar-refractivity contribution is -0.120. The third-order valence-electron chi connectivity index (χ3n) is 2.22. The van der Waals surface area contributed by atoms with Gasteiger partial charge in [-0.05, 0) is 26.0 Å². The minimum Gasteiger partial charge on any atom is -0.271 e. The number of nitrogens with one attached hydrogen (secondary N) is 1. The molecule has 4 nitrogen and oxygen atoms in total. The van der Waals surface area contributed by atoms with E-state index in [0.717, 1.165) is 0 Å². The van der Waals surface area contributed by atoms with E-state index in [1.807, 2.05) is 18.2 Å². The van der Waals surface area contributed by atoms with E-state index in [4.69, 9.17) is 0 Å². The largest absolute Gasteiger partial charge is 0.271 e. The first-order valence-electron chi connectivity index (χ1n) is 4.62. The molecule has 0 saturated carbocycles.